The van der Waals surface area contributed by atoms with E-state index < -0.39 is 0 Å². The molecule has 0 aliphatic heterocycles. The third-order valence-corrected chi connectivity index (χ3v) is 5.22. The first-order chi connectivity index (χ1) is 14.6. The molecule has 152 valence electrons. The number of benzene rings is 3. The summed E-state index contributed by atoms with van der Waals surface area (Å²) in [4.78, 5) is 12.1. The van der Waals surface area contributed by atoms with Crippen LogP contribution in [-0.4, -0.2) is 21.9 Å². The number of anilines is 1. The van der Waals surface area contributed by atoms with Crippen LogP contribution in [0.5, 0.6) is 5.75 Å². The van der Waals surface area contributed by atoms with Crippen LogP contribution < -0.4 is 10.1 Å². The number of carbonyl (C=O) groups is 1. The van der Waals surface area contributed by atoms with E-state index in [4.69, 9.17) is 9.15 Å². The van der Waals surface area contributed by atoms with Crippen LogP contribution in [-0.2, 0) is 11.4 Å². The van der Waals surface area contributed by atoms with Crippen LogP contribution in [0.25, 0.3) is 10.8 Å². The second kappa shape index (κ2) is 8.96. The number of halogens is 1. The summed E-state index contributed by atoms with van der Waals surface area (Å²) >= 11 is 1.10. The molecule has 4 rings (SSSR count). The van der Waals surface area contributed by atoms with Crippen LogP contribution >= 0.6 is 11.8 Å². The zero-order valence-electron chi connectivity index (χ0n) is 16.1. The van der Waals surface area contributed by atoms with Gasteiger partial charge in [-0.05, 0) is 42.0 Å². The number of ether oxygens (including phenoxy) is 1. The van der Waals surface area contributed by atoms with Crippen LogP contribution in [0, 0.1) is 12.7 Å². The molecule has 3 aromatic carbocycles. The van der Waals surface area contributed by atoms with Gasteiger partial charge in [0.2, 0.25) is 5.91 Å². The van der Waals surface area contributed by atoms with Crippen LogP contribution in [0.3, 0.4) is 0 Å². The van der Waals surface area contributed by atoms with Gasteiger partial charge < -0.3 is 14.5 Å². The van der Waals surface area contributed by atoms with Gasteiger partial charge in [-0.1, -0.05) is 48.2 Å². The number of hydrogen-bond donors (Lipinski definition) is 1. The highest BCUT2D eigenvalue weighted by molar-refractivity contribution is 7.99. The SMILES string of the molecule is Cc1c(F)cccc1NC(=O)CSc1nnc(COc2ccc3ccccc3c2)o1. The maximum absolute atomic E-state index is 13.6. The smallest absolute Gasteiger partial charge is 0.277 e. The molecule has 0 saturated heterocycles. The summed E-state index contributed by atoms with van der Waals surface area (Å²) in [5.41, 5.74) is 0.831. The van der Waals surface area contributed by atoms with E-state index in [2.05, 4.69) is 15.5 Å². The molecule has 1 heterocycles. The minimum atomic E-state index is -0.367. The maximum atomic E-state index is 13.6. The van der Waals surface area contributed by atoms with Crippen molar-refractivity contribution in [2.45, 2.75) is 18.8 Å². The number of nitrogens with zero attached hydrogens (tertiary/aromatic N) is 2. The van der Waals surface area contributed by atoms with Crippen LogP contribution in [0.4, 0.5) is 10.1 Å². The van der Waals surface area contributed by atoms with Gasteiger partial charge in [0.25, 0.3) is 11.1 Å². The fourth-order valence-corrected chi connectivity index (χ4v) is 3.39. The van der Waals surface area contributed by atoms with E-state index >= 15 is 0 Å². The highest BCUT2D eigenvalue weighted by Crippen LogP contribution is 2.23. The number of aromatic nitrogens is 2. The van der Waals surface area contributed by atoms with Gasteiger partial charge in [0, 0.05) is 11.3 Å². The van der Waals surface area contributed by atoms with Crippen molar-refractivity contribution < 1.29 is 18.3 Å². The third kappa shape index (κ3) is 4.77. The average Bonchev–Trinajstić information content (AvgIpc) is 3.22. The first kappa shape index (κ1) is 19.9. The zero-order chi connectivity index (χ0) is 20.9. The Hall–Kier alpha value is -3.39. The lowest BCUT2D eigenvalue weighted by molar-refractivity contribution is -0.113. The Morgan fingerprint density at radius 2 is 1.93 bits per heavy atom. The molecule has 8 heteroatoms. The lowest BCUT2D eigenvalue weighted by atomic mass is 10.1. The number of thioether (sulfide) groups is 1. The summed E-state index contributed by atoms with van der Waals surface area (Å²) in [6.07, 6.45) is 0. The summed E-state index contributed by atoms with van der Waals surface area (Å²) in [5.74, 6) is 0.413. The Labute approximate surface area is 176 Å². The summed E-state index contributed by atoms with van der Waals surface area (Å²) in [7, 11) is 0. The van der Waals surface area contributed by atoms with Crippen LogP contribution in [0.15, 0.2) is 70.3 Å². The standard InChI is InChI=1S/C22H18FN3O3S/c1-14-18(23)7-4-8-19(14)24-20(27)13-30-22-26-25-21(29-22)12-28-17-10-9-15-5-2-3-6-16(15)11-17/h2-11H,12-13H2,1H3,(H,24,27). The van der Waals surface area contributed by atoms with E-state index in [1.54, 1.807) is 19.1 Å². The van der Waals surface area contributed by atoms with Gasteiger partial charge in [-0.25, -0.2) is 4.39 Å². The third-order valence-electron chi connectivity index (χ3n) is 4.40. The Balaban J connectivity index is 1.29. The number of hydrogen-bond acceptors (Lipinski definition) is 6. The zero-order valence-corrected chi connectivity index (χ0v) is 16.9. The quantitative estimate of drug-likeness (QED) is 0.423. The fraction of sp³-hybridized carbons (Fsp3) is 0.136. The van der Waals surface area contributed by atoms with Gasteiger partial charge in [-0.2, -0.15) is 0 Å². The van der Waals surface area contributed by atoms with E-state index in [1.807, 2.05) is 42.5 Å². The molecule has 4 aromatic rings. The molecule has 0 bridgehead atoms. The van der Waals surface area contributed by atoms with E-state index in [9.17, 15) is 9.18 Å². The topological polar surface area (TPSA) is 77.2 Å². The van der Waals surface area contributed by atoms with Crippen molar-refractivity contribution in [3.05, 3.63) is 77.9 Å². The first-order valence-electron chi connectivity index (χ1n) is 9.20. The predicted molar refractivity (Wildman–Crippen MR) is 113 cm³/mol. The Bertz CT molecular complexity index is 1200. The van der Waals surface area contributed by atoms with Gasteiger partial charge in [0.15, 0.2) is 6.61 Å². The molecule has 0 spiro atoms. The fourth-order valence-electron chi connectivity index (χ4n) is 2.81. The van der Waals surface area contributed by atoms with Crippen molar-refractivity contribution in [2.24, 2.45) is 0 Å². The van der Waals surface area contributed by atoms with Crippen molar-refractivity contribution >= 4 is 34.1 Å². The molecular weight excluding hydrogens is 405 g/mol. The van der Waals surface area contributed by atoms with Gasteiger partial charge >= 0.3 is 0 Å². The molecule has 0 radical (unpaired) electrons. The summed E-state index contributed by atoms with van der Waals surface area (Å²) in [6, 6.07) is 18.4. The van der Waals surface area contributed by atoms with Gasteiger partial charge in [-0.3, -0.25) is 4.79 Å². The maximum Gasteiger partial charge on any atom is 0.277 e. The van der Waals surface area contributed by atoms with E-state index in [1.165, 1.54) is 6.07 Å². The Kier molecular flexibility index (Phi) is 5.94. The molecular formula is C22H18FN3O3S. The number of rotatable bonds is 7. The van der Waals surface area contributed by atoms with Crippen molar-refractivity contribution in [1.29, 1.82) is 0 Å². The number of fused-ring (bicyclic) bond motifs is 1. The van der Waals surface area contributed by atoms with E-state index in [0.29, 0.717) is 22.9 Å². The van der Waals surface area contributed by atoms with E-state index in [-0.39, 0.29) is 29.3 Å². The molecule has 0 unspecified atom stereocenters. The minimum absolute atomic E-state index is 0.0586. The monoisotopic (exact) mass is 423 g/mol. The molecule has 0 aliphatic carbocycles. The second-order valence-electron chi connectivity index (χ2n) is 6.51. The van der Waals surface area contributed by atoms with Crippen LogP contribution in [0.2, 0.25) is 0 Å². The molecule has 1 aromatic heterocycles. The summed E-state index contributed by atoms with van der Waals surface area (Å²) in [6.45, 7) is 1.73. The van der Waals surface area contributed by atoms with Gasteiger partial charge in [-0.15, -0.1) is 10.2 Å². The molecule has 0 saturated carbocycles. The Morgan fingerprint density at radius 1 is 1.10 bits per heavy atom. The van der Waals surface area contributed by atoms with Crippen LogP contribution in [0.1, 0.15) is 11.5 Å². The highest BCUT2D eigenvalue weighted by Gasteiger charge is 2.12. The minimum Gasteiger partial charge on any atom is -0.484 e. The molecule has 0 aliphatic rings. The molecule has 1 amide bonds. The largest absolute Gasteiger partial charge is 0.484 e. The normalized spacial score (nSPS) is 10.9. The number of carbonyl (C=O) groups excluding carboxylic acids is 1. The molecule has 0 atom stereocenters. The number of amides is 1. The Morgan fingerprint density at radius 3 is 2.80 bits per heavy atom. The summed E-state index contributed by atoms with van der Waals surface area (Å²) < 4.78 is 24.8. The van der Waals surface area contributed by atoms with Crippen molar-refractivity contribution in [1.82, 2.24) is 10.2 Å². The first-order valence-corrected chi connectivity index (χ1v) is 10.2. The van der Waals surface area contributed by atoms with Crippen molar-refractivity contribution in [3.8, 4) is 5.75 Å². The molecule has 1 N–H and O–H groups in total. The van der Waals surface area contributed by atoms with Crippen molar-refractivity contribution in [2.75, 3.05) is 11.1 Å². The molecule has 0 fully saturated rings. The lowest BCUT2D eigenvalue weighted by Gasteiger charge is -2.07. The highest BCUT2D eigenvalue weighted by atomic mass is 32.2. The average molecular weight is 423 g/mol. The van der Waals surface area contributed by atoms with Gasteiger partial charge in [0.05, 0.1) is 5.75 Å². The summed E-state index contributed by atoms with van der Waals surface area (Å²) in [5, 5.41) is 13.0. The van der Waals surface area contributed by atoms with Gasteiger partial charge in [0.1, 0.15) is 11.6 Å². The van der Waals surface area contributed by atoms with E-state index in [0.717, 1.165) is 22.5 Å². The predicted octanol–water partition coefficient (Wildman–Crippen LogP) is 4.98. The lowest BCUT2D eigenvalue weighted by Crippen LogP contribution is -2.15. The molecule has 30 heavy (non-hydrogen) atoms. The number of nitrogens with one attached hydrogen (secondary N) is 1. The second-order valence-corrected chi connectivity index (χ2v) is 7.44. The van der Waals surface area contributed by atoms with Crippen molar-refractivity contribution in [3.63, 3.8) is 0 Å². The molecule has 6 nitrogen and oxygen atoms in total.